The number of rotatable bonds is 7. The fraction of sp³-hybridized carbons (Fsp3) is 0.375. The Kier molecular flexibility index (Phi) is 14.0. The molecule has 5 heteroatoms. The molecular weight excluding hydrogens is 183 g/mol. The Morgan fingerprint density at radius 3 is 2.38 bits per heavy atom. The number of carbonyl (C=O) groups is 1. The second-order valence-corrected chi connectivity index (χ2v) is 1.83. The molecule has 0 fully saturated rings. The fourth-order valence-electron chi connectivity index (χ4n) is 0.398. The van der Waals surface area contributed by atoms with Gasteiger partial charge >= 0.3 is 35.5 Å². The SMILES string of the molecule is C=CCOCC(=O)OOCC=C.[NaH]. The predicted octanol–water partition coefficient (Wildman–Crippen LogP) is 0.201. The molecule has 0 saturated heterocycles. The van der Waals surface area contributed by atoms with Crippen molar-refractivity contribution in [2.24, 2.45) is 0 Å². The first kappa shape index (κ1) is 15.3. The van der Waals surface area contributed by atoms with Crippen molar-refractivity contribution >= 4 is 35.5 Å². The molecule has 0 aromatic heterocycles. The van der Waals surface area contributed by atoms with E-state index < -0.39 is 5.97 Å². The van der Waals surface area contributed by atoms with Gasteiger partial charge in [0.1, 0.15) is 13.2 Å². The van der Waals surface area contributed by atoms with E-state index in [1.165, 1.54) is 12.2 Å². The first-order valence-electron chi connectivity index (χ1n) is 3.43. The first-order valence-corrected chi connectivity index (χ1v) is 3.43. The second-order valence-electron chi connectivity index (χ2n) is 1.83. The van der Waals surface area contributed by atoms with E-state index in [9.17, 15) is 4.79 Å². The molecule has 0 atom stereocenters. The van der Waals surface area contributed by atoms with E-state index in [-0.39, 0.29) is 42.8 Å². The summed E-state index contributed by atoms with van der Waals surface area (Å²) in [4.78, 5) is 19.3. The van der Waals surface area contributed by atoms with Gasteiger partial charge < -0.3 is 4.74 Å². The zero-order valence-electron chi connectivity index (χ0n) is 6.82. The molecular formula is C8H13NaO4. The summed E-state index contributed by atoms with van der Waals surface area (Å²) in [6, 6.07) is 0. The van der Waals surface area contributed by atoms with Crippen LogP contribution in [0.15, 0.2) is 25.3 Å². The van der Waals surface area contributed by atoms with E-state index in [4.69, 9.17) is 4.74 Å². The van der Waals surface area contributed by atoms with Gasteiger partial charge in [-0.05, 0) is 0 Å². The molecule has 0 saturated carbocycles. The van der Waals surface area contributed by atoms with Crippen molar-refractivity contribution < 1.29 is 19.3 Å². The van der Waals surface area contributed by atoms with Crippen LogP contribution in [0.1, 0.15) is 0 Å². The third-order valence-corrected chi connectivity index (χ3v) is 0.793. The van der Waals surface area contributed by atoms with E-state index in [1.54, 1.807) is 0 Å². The van der Waals surface area contributed by atoms with Crippen molar-refractivity contribution in [2.75, 3.05) is 19.8 Å². The summed E-state index contributed by atoms with van der Waals surface area (Å²) < 4.78 is 4.78. The standard InChI is InChI=1S/C8H12O4.Na.H/c1-3-5-10-7-8(9)12-11-6-4-2;;/h3-4H,1-2,5-7H2;;. The molecule has 0 aromatic rings. The van der Waals surface area contributed by atoms with Crippen LogP contribution in [0.4, 0.5) is 0 Å². The number of ether oxygens (including phenoxy) is 1. The molecule has 0 amide bonds. The van der Waals surface area contributed by atoms with Crippen molar-refractivity contribution in [1.82, 2.24) is 0 Å². The van der Waals surface area contributed by atoms with E-state index in [0.717, 1.165) is 0 Å². The van der Waals surface area contributed by atoms with E-state index >= 15 is 0 Å². The molecule has 4 nitrogen and oxygen atoms in total. The Morgan fingerprint density at radius 1 is 1.23 bits per heavy atom. The second kappa shape index (κ2) is 11.9. The monoisotopic (exact) mass is 196 g/mol. The van der Waals surface area contributed by atoms with Gasteiger partial charge in [-0.2, -0.15) is 4.89 Å². The molecule has 0 aliphatic rings. The van der Waals surface area contributed by atoms with Gasteiger partial charge in [0.05, 0.1) is 6.61 Å². The van der Waals surface area contributed by atoms with Crippen molar-refractivity contribution in [3.63, 3.8) is 0 Å². The average molecular weight is 196 g/mol. The molecule has 0 N–H and O–H groups in total. The van der Waals surface area contributed by atoms with Gasteiger partial charge in [0, 0.05) is 0 Å². The number of hydrogen-bond donors (Lipinski definition) is 0. The van der Waals surface area contributed by atoms with Gasteiger partial charge in [0.25, 0.3) is 0 Å². The summed E-state index contributed by atoms with van der Waals surface area (Å²) in [5.74, 6) is -0.571. The number of carbonyl (C=O) groups excluding carboxylic acids is 1. The topological polar surface area (TPSA) is 44.8 Å². The Hall–Kier alpha value is -0.130. The minimum atomic E-state index is -0.571. The first-order chi connectivity index (χ1) is 5.81. The van der Waals surface area contributed by atoms with Crippen molar-refractivity contribution in [3.05, 3.63) is 25.3 Å². The van der Waals surface area contributed by atoms with Crippen LogP contribution >= 0.6 is 0 Å². The molecule has 70 valence electrons. The fourth-order valence-corrected chi connectivity index (χ4v) is 0.398. The van der Waals surface area contributed by atoms with Crippen LogP contribution in [-0.2, 0) is 19.3 Å². The van der Waals surface area contributed by atoms with Crippen LogP contribution < -0.4 is 0 Å². The normalized spacial score (nSPS) is 8.31. The Balaban J connectivity index is 0. The Labute approximate surface area is 99.8 Å². The quantitative estimate of drug-likeness (QED) is 0.192. The van der Waals surface area contributed by atoms with Crippen molar-refractivity contribution in [3.8, 4) is 0 Å². The molecule has 0 rings (SSSR count). The average Bonchev–Trinajstić information content (AvgIpc) is 2.06. The van der Waals surface area contributed by atoms with E-state index in [2.05, 4.69) is 22.9 Å². The van der Waals surface area contributed by atoms with Crippen LogP contribution in [0, 0.1) is 0 Å². The summed E-state index contributed by atoms with van der Waals surface area (Å²) in [5.41, 5.74) is 0. The van der Waals surface area contributed by atoms with E-state index in [0.29, 0.717) is 6.61 Å². The third kappa shape index (κ3) is 11.9. The van der Waals surface area contributed by atoms with Gasteiger partial charge in [-0.1, -0.05) is 12.2 Å². The van der Waals surface area contributed by atoms with E-state index in [1.807, 2.05) is 0 Å². The van der Waals surface area contributed by atoms with Crippen LogP contribution in [0.5, 0.6) is 0 Å². The molecule has 0 heterocycles. The van der Waals surface area contributed by atoms with Gasteiger partial charge in [-0.15, -0.1) is 13.2 Å². The summed E-state index contributed by atoms with van der Waals surface area (Å²) in [5, 5.41) is 0. The third-order valence-electron chi connectivity index (χ3n) is 0.793. The minimum absolute atomic E-state index is 0. The molecule has 0 bridgehead atoms. The Bertz CT molecular complexity index is 142. The Morgan fingerprint density at radius 2 is 1.85 bits per heavy atom. The zero-order chi connectivity index (χ0) is 9.23. The van der Waals surface area contributed by atoms with Crippen molar-refractivity contribution in [2.45, 2.75) is 0 Å². The van der Waals surface area contributed by atoms with Gasteiger partial charge in [-0.25, -0.2) is 4.79 Å². The van der Waals surface area contributed by atoms with Crippen LogP contribution in [-0.4, -0.2) is 55.3 Å². The zero-order valence-corrected chi connectivity index (χ0v) is 6.82. The maximum atomic E-state index is 10.7. The van der Waals surface area contributed by atoms with Crippen LogP contribution in [0.2, 0.25) is 0 Å². The summed E-state index contributed by atoms with van der Waals surface area (Å²) >= 11 is 0. The summed E-state index contributed by atoms with van der Waals surface area (Å²) in [6.45, 7) is 7.14. The molecule has 0 radical (unpaired) electrons. The maximum absolute atomic E-state index is 10.7. The van der Waals surface area contributed by atoms with Gasteiger partial charge in [0.2, 0.25) is 0 Å². The van der Waals surface area contributed by atoms with Gasteiger partial charge in [-0.3, -0.25) is 4.89 Å². The molecule has 0 unspecified atom stereocenters. The summed E-state index contributed by atoms with van der Waals surface area (Å²) in [7, 11) is 0. The van der Waals surface area contributed by atoms with Crippen molar-refractivity contribution in [1.29, 1.82) is 0 Å². The molecule has 13 heavy (non-hydrogen) atoms. The van der Waals surface area contributed by atoms with Crippen LogP contribution in [0.3, 0.4) is 0 Å². The molecule has 0 aliphatic carbocycles. The molecule has 0 spiro atoms. The predicted molar refractivity (Wildman–Crippen MR) is 50.4 cm³/mol. The number of hydrogen-bond acceptors (Lipinski definition) is 4. The van der Waals surface area contributed by atoms with Gasteiger partial charge in [0.15, 0.2) is 0 Å². The molecule has 0 aromatic carbocycles. The van der Waals surface area contributed by atoms with Crippen LogP contribution in [0.25, 0.3) is 0 Å². The molecule has 0 aliphatic heterocycles. The summed E-state index contributed by atoms with van der Waals surface area (Å²) in [6.07, 6.45) is 3.01.